The van der Waals surface area contributed by atoms with Crippen LogP contribution in [0.1, 0.15) is 11.1 Å². The summed E-state index contributed by atoms with van der Waals surface area (Å²) in [5.41, 5.74) is 1.64. The van der Waals surface area contributed by atoms with Crippen LogP contribution in [0.2, 0.25) is 10.0 Å². The van der Waals surface area contributed by atoms with Crippen molar-refractivity contribution in [3.63, 3.8) is 0 Å². The number of aromatic hydroxyl groups is 1. The lowest BCUT2D eigenvalue weighted by atomic mass is 10.2. The fourth-order valence-electron chi connectivity index (χ4n) is 2.25. The Balaban J connectivity index is 1.73. The molecule has 7 heteroatoms. The molecule has 0 aliphatic heterocycles. The zero-order chi connectivity index (χ0) is 16.2. The third-order valence-corrected chi connectivity index (χ3v) is 3.83. The van der Waals surface area contributed by atoms with Crippen molar-refractivity contribution in [2.45, 2.75) is 13.1 Å². The second kappa shape index (κ2) is 7.00. The Kier molecular flexibility index (Phi) is 4.81. The molecule has 0 radical (unpaired) electrons. The normalized spacial score (nSPS) is 10.9. The number of phenols is 1. The molecule has 3 aromatic rings. The van der Waals surface area contributed by atoms with Crippen LogP contribution >= 0.6 is 23.2 Å². The predicted molar refractivity (Wildman–Crippen MR) is 90.0 cm³/mol. The van der Waals surface area contributed by atoms with E-state index in [-0.39, 0.29) is 10.8 Å². The van der Waals surface area contributed by atoms with Crippen LogP contribution in [-0.4, -0.2) is 19.9 Å². The molecule has 2 N–H and O–H groups in total. The summed E-state index contributed by atoms with van der Waals surface area (Å²) in [5, 5.41) is 18.2. The Bertz CT molecular complexity index is 806. The largest absolute Gasteiger partial charge is 0.506 e. The van der Waals surface area contributed by atoms with Gasteiger partial charge in [0.2, 0.25) is 0 Å². The zero-order valence-corrected chi connectivity index (χ0v) is 13.6. The van der Waals surface area contributed by atoms with Crippen LogP contribution in [0, 0.1) is 0 Å². The fourth-order valence-corrected chi connectivity index (χ4v) is 2.79. The maximum absolute atomic E-state index is 9.97. The van der Waals surface area contributed by atoms with Crippen LogP contribution in [0.15, 0.2) is 48.9 Å². The van der Waals surface area contributed by atoms with Gasteiger partial charge in [-0.25, -0.2) is 9.67 Å². The van der Waals surface area contributed by atoms with E-state index in [4.69, 9.17) is 23.2 Å². The van der Waals surface area contributed by atoms with Gasteiger partial charge in [0, 0.05) is 47.8 Å². The van der Waals surface area contributed by atoms with Crippen molar-refractivity contribution >= 4 is 23.2 Å². The van der Waals surface area contributed by atoms with Crippen LogP contribution in [0.3, 0.4) is 0 Å². The van der Waals surface area contributed by atoms with Gasteiger partial charge in [0.25, 0.3) is 0 Å². The quantitative estimate of drug-likeness (QED) is 0.739. The molecule has 0 spiro atoms. The van der Waals surface area contributed by atoms with Crippen molar-refractivity contribution < 1.29 is 5.11 Å². The van der Waals surface area contributed by atoms with Crippen molar-refractivity contribution in [1.29, 1.82) is 0 Å². The van der Waals surface area contributed by atoms with Gasteiger partial charge in [-0.15, -0.1) is 0 Å². The highest BCUT2D eigenvalue weighted by atomic mass is 35.5. The molecule has 0 saturated carbocycles. The average molecular weight is 349 g/mol. The molecule has 0 saturated heterocycles. The molecule has 0 aliphatic rings. The second-order valence-electron chi connectivity index (χ2n) is 4.94. The van der Waals surface area contributed by atoms with Crippen LogP contribution in [0.5, 0.6) is 5.75 Å². The summed E-state index contributed by atoms with van der Waals surface area (Å²) >= 11 is 11.9. The SMILES string of the molecule is Oc1c(Cl)cc(Cl)cc1CNCc1cccnc1-n1cccn1. The summed E-state index contributed by atoms with van der Waals surface area (Å²) in [5.74, 6) is 0.806. The predicted octanol–water partition coefficient (Wildman–Crippen LogP) is 3.57. The van der Waals surface area contributed by atoms with Crippen LogP contribution in [0.4, 0.5) is 0 Å². The van der Waals surface area contributed by atoms with Crippen molar-refractivity contribution in [3.8, 4) is 11.6 Å². The van der Waals surface area contributed by atoms with E-state index in [0.717, 1.165) is 11.4 Å². The van der Waals surface area contributed by atoms with Gasteiger partial charge in [0.1, 0.15) is 5.75 Å². The minimum Gasteiger partial charge on any atom is -0.506 e. The highest BCUT2D eigenvalue weighted by molar-refractivity contribution is 6.35. The lowest BCUT2D eigenvalue weighted by Crippen LogP contribution is -2.15. The molecule has 2 heterocycles. The minimum atomic E-state index is 0.0436. The van der Waals surface area contributed by atoms with E-state index in [1.165, 1.54) is 6.07 Å². The first-order valence-electron chi connectivity index (χ1n) is 6.96. The van der Waals surface area contributed by atoms with Crippen molar-refractivity contribution in [2.24, 2.45) is 0 Å². The van der Waals surface area contributed by atoms with Gasteiger partial charge in [0.05, 0.1) is 5.02 Å². The molecule has 3 rings (SSSR count). The zero-order valence-electron chi connectivity index (χ0n) is 12.1. The highest BCUT2D eigenvalue weighted by Gasteiger charge is 2.09. The van der Waals surface area contributed by atoms with Gasteiger partial charge >= 0.3 is 0 Å². The third-order valence-electron chi connectivity index (χ3n) is 3.33. The molecule has 118 valence electrons. The van der Waals surface area contributed by atoms with E-state index in [9.17, 15) is 5.11 Å². The summed E-state index contributed by atoms with van der Waals surface area (Å²) in [7, 11) is 0. The van der Waals surface area contributed by atoms with E-state index in [0.29, 0.717) is 23.7 Å². The number of phenolic OH excluding ortho intramolecular Hbond substituents is 1. The number of pyridine rings is 1. The fraction of sp³-hybridized carbons (Fsp3) is 0.125. The average Bonchev–Trinajstić information content (AvgIpc) is 3.06. The second-order valence-corrected chi connectivity index (χ2v) is 5.78. The molecular weight excluding hydrogens is 335 g/mol. The lowest BCUT2D eigenvalue weighted by molar-refractivity contribution is 0.464. The van der Waals surface area contributed by atoms with Crippen LogP contribution in [-0.2, 0) is 13.1 Å². The summed E-state index contributed by atoms with van der Waals surface area (Å²) in [6.45, 7) is 0.992. The third kappa shape index (κ3) is 3.64. The lowest BCUT2D eigenvalue weighted by Gasteiger charge is -2.11. The molecule has 0 fully saturated rings. The first kappa shape index (κ1) is 15.8. The monoisotopic (exact) mass is 348 g/mol. The maximum atomic E-state index is 9.97. The Morgan fingerprint density at radius 3 is 2.70 bits per heavy atom. The van der Waals surface area contributed by atoms with Crippen LogP contribution < -0.4 is 5.32 Å². The number of rotatable bonds is 5. The van der Waals surface area contributed by atoms with Gasteiger partial charge in [-0.2, -0.15) is 5.10 Å². The maximum Gasteiger partial charge on any atom is 0.157 e. The molecule has 0 atom stereocenters. The van der Waals surface area contributed by atoms with E-state index in [1.807, 2.05) is 24.4 Å². The van der Waals surface area contributed by atoms with Crippen LogP contribution in [0.25, 0.3) is 5.82 Å². The molecular formula is C16H14Cl2N4O. The number of hydrogen-bond acceptors (Lipinski definition) is 4. The minimum absolute atomic E-state index is 0.0436. The van der Waals surface area contributed by atoms with Gasteiger partial charge in [-0.05, 0) is 24.3 Å². The molecule has 5 nitrogen and oxygen atoms in total. The Labute approximate surface area is 143 Å². The Morgan fingerprint density at radius 2 is 1.91 bits per heavy atom. The van der Waals surface area contributed by atoms with Crippen molar-refractivity contribution in [1.82, 2.24) is 20.1 Å². The summed E-state index contributed by atoms with van der Waals surface area (Å²) in [6, 6.07) is 8.89. The molecule has 0 aliphatic carbocycles. The van der Waals surface area contributed by atoms with Gasteiger partial charge in [0.15, 0.2) is 5.82 Å². The Morgan fingerprint density at radius 1 is 1.09 bits per heavy atom. The first-order valence-corrected chi connectivity index (χ1v) is 7.72. The molecule has 2 aromatic heterocycles. The number of benzene rings is 1. The van der Waals surface area contributed by atoms with Gasteiger partial charge < -0.3 is 10.4 Å². The number of halogens is 2. The van der Waals surface area contributed by atoms with E-state index in [1.54, 1.807) is 23.1 Å². The first-order chi connectivity index (χ1) is 11.1. The molecule has 0 amide bonds. The number of nitrogens with one attached hydrogen (secondary N) is 1. The number of nitrogens with zero attached hydrogens (tertiary/aromatic N) is 3. The topological polar surface area (TPSA) is 63.0 Å². The van der Waals surface area contributed by atoms with E-state index < -0.39 is 0 Å². The van der Waals surface area contributed by atoms with E-state index in [2.05, 4.69) is 15.4 Å². The standard InChI is InChI=1S/C16H14Cl2N4O/c17-13-7-12(15(23)14(18)8-13)10-19-9-11-3-1-4-20-16(11)22-6-2-5-21-22/h1-8,19,23H,9-10H2. The number of hydrogen-bond donors (Lipinski definition) is 2. The van der Waals surface area contributed by atoms with Gasteiger partial charge in [-0.3, -0.25) is 0 Å². The summed E-state index contributed by atoms with van der Waals surface area (Å²) in [6.07, 6.45) is 5.27. The molecule has 0 bridgehead atoms. The van der Waals surface area contributed by atoms with Crippen molar-refractivity contribution in [2.75, 3.05) is 0 Å². The molecule has 23 heavy (non-hydrogen) atoms. The molecule has 1 aromatic carbocycles. The Hall–Kier alpha value is -2.08. The van der Waals surface area contributed by atoms with E-state index >= 15 is 0 Å². The van der Waals surface area contributed by atoms with Crippen molar-refractivity contribution in [3.05, 3.63) is 70.1 Å². The van der Waals surface area contributed by atoms with Gasteiger partial charge in [-0.1, -0.05) is 29.3 Å². The summed E-state index contributed by atoms with van der Waals surface area (Å²) < 4.78 is 1.71. The smallest absolute Gasteiger partial charge is 0.157 e. The summed E-state index contributed by atoms with van der Waals surface area (Å²) in [4.78, 5) is 4.36. The number of aromatic nitrogens is 3. The highest BCUT2D eigenvalue weighted by Crippen LogP contribution is 2.31. The molecule has 0 unspecified atom stereocenters.